The standard InChI is InChI=1S/C14H10ClF3N4O2S/c15-10-3-1-9(2-4-10)13(14(16,17)18)21-25(23,24)12-8-22-6-5-19-7-11(22)20-12/h1-8,13,21H. The van der Waals surface area contributed by atoms with Crippen LogP contribution in [0.3, 0.4) is 0 Å². The molecule has 6 nitrogen and oxygen atoms in total. The second-order valence-electron chi connectivity index (χ2n) is 5.07. The van der Waals surface area contributed by atoms with Crippen molar-refractivity contribution in [3.63, 3.8) is 0 Å². The number of imidazole rings is 1. The van der Waals surface area contributed by atoms with Gasteiger partial charge in [0.05, 0.1) is 6.20 Å². The van der Waals surface area contributed by atoms with E-state index in [1.54, 1.807) is 4.72 Å². The zero-order valence-corrected chi connectivity index (χ0v) is 13.8. The van der Waals surface area contributed by atoms with Crippen molar-refractivity contribution in [2.75, 3.05) is 0 Å². The van der Waals surface area contributed by atoms with Crippen molar-refractivity contribution in [1.29, 1.82) is 0 Å². The van der Waals surface area contributed by atoms with E-state index < -0.39 is 27.3 Å². The number of nitrogens with one attached hydrogen (secondary N) is 1. The number of nitrogens with zero attached hydrogens (tertiary/aromatic N) is 3. The highest BCUT2D eigenvalue weighted by Gasteiger charge is 2.43. The summed E-state index contributed by atoms with van der Waals surface area (Å²) in [5.74, 6) is 0. The third kappa shape index (κ3) is 3.75. The monoisotopic (exact) mass is 390 g/mol. The molecule has 3 rings (SSSR count). The second kappa shape index (κ2) is 6.28. The Bertz CT molecular complexity index is 970. The van der Waals surface area contributed by atoms with Crippen LogP contribution in [0, 0.1) is 0 Å². The Morgan fingerprint density at radius 3 is 2.48 bits per heavy atom. The van der Waals surface area contributed by atoms with E-state index >= 15 is 0 Å². The number of rotatable bonds is 4. The lowest BCUT2D eigenvalue weighted by atomic mass is 10.1. The minimum Gasteiger partial charge on any atom is -0.303 e. The Kier molecular flexibility index (Phi) is 4.43. The SMILES string of the molecule is O=S(=O)(NC(c1ccc(Cl)cc1)C(F)(F)F)c1cn2ccncc2n1. The molecule has 132 valence electrons. The molecule has 0 saturated heterocycles. The molecule has 2 heterocycles. The predicted octanol–water partition coefficient (Wildman–Crippen LogP) is 2.96. The number of hydrogen-bond donors (Lipinski definition) is 1. The van der Waals surface area contributed by atoms with Gasteiger partial charge in [-0.2, -0.15) is 17.9 Å². The van der Waals surface area contributed by atoms with Gasteiger partial charge in [-0.25, -0.2) is 13.4 Å². The van der Waals surface area contributed by atoms with Gasteiger partial charge in [0.25, 0.3) is 10.0 Å². The van der Waals surface area contributed by atoms with Crippen LogP contribution in [0.15, 0.2) is 54.1 Å². The van der Waals surface area contributed by atoms with E-state index in [0.717, 1.165) is 18.3 Å². The van der Waals surface area contributed by atoms with Crippen LogP contribution < -0.4 is 4.72 Å². The molecule has 1 aromatic carbocycles. The highest BCUT2D eigenvalue weighted by atomic mass is 35.5. The number of benzene rings is 1. The highest BCUT2D eigenvalue weighted by Crippen LogP contribution is 2.34. The maximum Gasteiger partial charge on any atom is 0.408 e. The van der Waals surface area contributed by atoms with Gasteiger partial charge in [0.2, 0.25) is 0 Å². The topological polar surface area (TPSA) is 76.4 Å². The number of halogens is 4. The summed E-state index contributed by atoms with van der Waals surface area (Å²) >= 11 is 5.67. The molecule has 3 aromatic rings. The van der Waals surface area contributed by atoms with Gasteiger partial charge >= 0.3 is 6.18 Å². The van der Waals surface area contributed by atoms with Crippen molar-refractivity contribution in [3.05, 3.63) is 59.6 Å². The summed E-state index contributed by atoms with van der Waals surface area (Å²) in [6, 6.07) is 2.28. The van der Waals surface area contributed by atoms with Crippen molar-refractivity contribution in [2.45, 2.75) is 17.2 Å². The average molecular weight is 391 g/mol. The minimum atomic E-state index is -4.85. The van der Waals surface area contributed by atoms with Crippen LogP contribution in [-0.4, -0.2) is 29.0 Å². The molecule has 0 aliphatic carbocycles. The second-order valence-corrected chi connectivity index (χ2v) is 7.17. The van der Waals surface area contributed by atoms with Gasteiger partial charge in [-0.05, 0) is 17.7 Å². The van der Waals surface area contributed by atoms with Gasteiger partial charge in [-0.1, -0.05) is 23.7 Å². The normalized spacial score (nSPS) is 13.9. The summed E-state index contributed by atoms with van der Waals surface area (Å²) < 4.78 is 67.8. The maximum atomic E-state index is 13.4. The lowest BCUT2D eigenvalue weighted by molar-refractivity contribution is -0.153. The largest absolute Gasteiger partial charge is 0.408 e. The molecule has 1 unspecified atom stereocenters. The first-order valence-electron chi connectivity index (χ1n) is 6.80. The Labute approximate surface area is 145 Å². The fraction of sp³-hybridized carbons (Fsp3) is 0.143. The molecule has 0 bridgehead atoms. The molecule has 0 radical (unpaired) electrons. The van der Waals surface area contributed by atoms with Gasteiger partial charge in [0.1, 0.15) is 6.04 Å². The van der Waals surface area contributed by atoms with E-state index in [1.807, 2.05) is 0 Å². The molecular formula is C14H10ClF3N4O2S. The van der Waals surface area contributed by atoms with E-state index in [-0.39, 0.29) is 16.2 Å². The Hall–Kier alpha value is -2.17. The molecule has 0 amide bonds. The van der Waals surface area contributed by atoms with Gasteiger partial charge in [0.15, 0.2) is 10.7 Å². The quantitative estimate of drug-likeness (QED) is 0.743. The lowest BCUT2D eigenvalue weighted by Crippen LogP contribution is -2.38. The van der Waals surface area contributed by atoms with Crippen LogP contribution >= 0.6 is 11.6 Å². The van der Waals surface area contributed by atoms with Crippen LogP contribution in [0.4, 0.5) is 13.2 Å². The predicted molar refractivity (Wildman–Crippen MR) is 83.6 cm³/mol. The van der Waals surface area contributed by atoms with Crippen LogP contribution in [0.5, 0.6) is 0 Å². The summed E-state index contributed by atoms with van der Waals surface area (Å²) in [6.45, 7) is 0. The molecule has 2 aromatic heterocycles. The first-order chi connectivity index (χ1) is 11.7. The van der Waals surface area contributed by atoms with Crippen LogP contribution in [-0.2, 0) is 10.0 Å². The van der Waals surface area contributed by atoms with Crippen molar-refractivity contribution in [2.24, 2.45) is 0 Å². The third-order valence-corrected chi connectivity index (χ3v) is 4.87. The summed E-state index contributed by atoms with van der Waals surface area (Å²) in [5, 5.41) is -0.302. The molecule has 0 aliphatic rings. The Balaban J connectivity index is 1.99. The lowest BCUT2D eigenvalue weighted by Gasteiger charge is -2.21. The molecule has 11 heteroatoms. The Morgan fingerprint density at radius 1 is 1.20 bits per heavy atom. The summed E-state index contributed by atoms with van der Waals surface area (Å²) in [5.41, 5.74) is -0.0937. The van der Waals surface area contributed by atoms with Crippen LogP contribution in [0.1, 0.15) is 11.6 Å². The summed E-state index contributed by atoms with van der Waals surface area (Å²) in [4.78, 5) is 7.56. The minimum absolute atomic E-state index is 0.193. The number of sulfonamides is 1. The zero-order chi connectivity index (χ0) is 18.2. The molecular weight excluding hydrogens is 381 g/mol. The number of aromatic nitrogens is 3. The molecule has 1 atom stereocenters. The van der Waals surface area contributed by atoms with Gasteiger partial charge in [-0.3, -0.25) is 4.98 Å². The van der Waals surface area contributed by atoms with Crippen molar-refractivity contribution < 1.29 is 21.6 Å². The smallest absolute Gasteiger partial charge is 0.303 e. The molecule has 1 N–H and O–H groups in total. The Morgan fingerprint density at radius 2 is 1.88 bits per heavy atom. The third-order valence-electron chi connectivity index (χ3n) is 3.32. The summed E-state index contributed by atoms with van der Waals surface area (Å²) in [6.07, 6.45) is 0.377. The molecule has 25 heavy (non-hydrogen) atoms. The molecule has 0 saturated carbocycles. The highest BCUT2D eigenvalue weighted by molar-refractivity contribution is 7.89. The van der Waals surface area contributed by atoms with Crippen LogP contribution in [0.2, 0.25) is 5.02 Å². The number of fused-ring (bicyclic) bond motifs is 1. The van der Waals surface area contributed by atoms with Crippen molar-refractivity contribution >= 4 is 27.3 Å². The van der Waals surface area contributed by atoms with Crippen molar-refractivity contribution in [1.82, 2.24) is 19.1 Å². The van der Waals surface area contributed by atoms with Gasteiger partial charge in [-0.15, -0.1) is 0 Å². The zero-order valence-electron chi connectivity index (χ0n) is 12.3. The molecule has 0 aliphatic heterocycles. The fourth-order valence-corrected chi connectivity index (χ4v) is 3.44. The van der Waals surface area contributed by atoms with Gasteiger partial charge < -0.3 is 4.40 Å². The first-order valence-corrected chi connectivity index (χ1v) is 8.66. The van der Waals surface area contributed by atoms with E-state index in [0.29, 0.717) is 0 Å². The van der Waals surface area contributed by atoms with E-state index in [4.69, 9.17) is 11.6 Å². The van der Waals surface area contributed by atoms with Gasteiger partial charge in [0, 0.05) is 23.6 Å². The number of alkyl halides is 3. The van der Waals surface area contributed by atoms with Crippen LogP contribution in [0.25, 0.3) is 5.65 Å². The fourth-order valence-electron chi connectivity index (χ4n) is 2.14. The van der Waals surface area contributed by atoms with E-state index in [2.05, 4.69) is 9.97 Å². The van der Waals surface area contributed by atoms with Crippen molar-refractivity contribution in [3.8, 4) is 0 Å². The average Bonchev–Trinajstić information content (AvgIpc) is 2.98. The van der Waals surface area contributed by atoms with E-state index in [1.165, 1.54) is 35.1 Å². The first kappa shape index (κ1) is 17.6. The molecule has 0 fully saturated rings. The molecule has 0 spiro atoms. The summed E-state index contributed by atoms with van der Waals surface area (Å²) in [7, 11) is -4.53. The maximum absolute atomic E-state index is 13.4. The van der Waals surface area contributed by atoms with E-state index in [9.17, 15) is 21.6 Å². The number of hydrogen-bond acceptors (Lipinski definition) is 4.